The van der Waals surface area contributed by atoms with E-state index >= 15 is 0 Å². The summed E-state index contributed by atoms with van der Waals surface area (Å²) in [6.45, 7) is 5.89. The van der Waals surface area contributed by atoms with Crippen LogP contribution >= 0.6 is 0 Å². The van der Waals surface area contributed by atoms with Gasteiger partial charge in [-0.3, -0.25) is 9.80 Å². The van der Waals surface area contributed by atoms with Crippen LogP contribution in [0.15, 0.2) is 42.6 Å². The van der Waals surface area contributed by atoms with E-state index in [1.165, 1.54) is 5.56 Å². The van der Waals surface area contributed by atoms with Gasteiger partial charge < -0.3 is 11.5 Å². The number of hydrogen-bond acceptors (Lipinski definition) is 6. The molecule has 3 rings (SSSR count). The molecule has 1 aromatic heterocycles. The summed E-state index contributed by atoms with van der Waals surface area (Å²) in [7, 11) is 0. The van der Waals surface area contributed by atoms with Crippen molar-refractivity contribution in [1.82, 2.24) is 19.8 Å². The van der Waals surface area contributed by atoms with Crippen LogP contribution in [0.2, 0.25) is 0 Å². The molecule has 126 valence electrons. The Morgan fingerprint density at radius 3 is 2.42 bits per heavy atom. The maximum atomic E-state index is 5.91. The van der Waals surface area contributed by atoms with Gasteiger partial charge in [0.1, 0.15) is 5.82 Å². The Morgan fingerprint density at radius 1 is 1.00 bits per heavy atom. The predicted molar refractivity (Wildman–Crippen MR) is 98.0 cm³/mol. The highest BCUT2D eigenvalue weighted by Gasteiger charge is 2.17. The largest absolute Gasteiger partial charge is 0.383 e. The maximum Gasteiger partial charge on any atom is 0.221 e. The molecule has 1 fully saturated rings. The molecule has 0 atom stereocenters. The van der Waals surface area contributed by atoms with Gasteiger partial charge in [-0.25, -0.2) is 4.98 Å². The van der Waals surface area contributed by atoms with E-state index in [4.69, 9.17) is 11.5 Å². The first-order valence-corrected chi connectivity index (χ1v) is 8.24. The summed E-state index contributed by atoms with van der Waals surface area (Å²) >= 11 is 0. The first kappa shape index (κ1) is 16.4. The Bertz CT molecular complexity index is 677. The number of anilines is 2. The van der Waals surface area contributed by atoms with E-state index in [1.807, 2.05) is 6.07 Å². The Labute approximate surface area is 142 Å². The quantitative estimate of drug-likeness (QED) is 0.866. The first-order chi connectivity index (χ1) is 11.7. The summed E-state index contributed by atoms with van der Waals surface area (Å²) in [4.78, 5) is 12.9. The lowest BCUT2D eigenvalue weighted by molar-refractivity contribution is 0.137. The zero-order chi connectivity index (χ0) is 16.8. The highest BCUT2D eigenvalue weighted by Crippen LogP contribution is 2.13. The number of nitrogens with two attached hydrogens (primary N) is 2. The van der Waals surface area contributed by atoms with E-state index in [1.54, 1.807) is 6.20 Å². The molecule has 0 unspecified atom stereocenters. The van der Waals surface area contributed by atoms with Crippen molar-refractivity contribution in [3.05, 3.63) is 53.7 Å². The molecule has 0 saturated carbocycles. The third-order valence-electron chi connectivity index (χ3n) is 4.25. The number of aromatic nitrogens is 2. The van der Waals surface area contributed by atoms with Gasteiger partial charge in [0.05, 0.1) is 0 Å². The monoisotopic (exact) mass is 324 g/mol. The smallest absolute Gasteiger partial charge is 0.221 e. The van der Waals surface area contributed by atoms with Crippen LogP contribution < -0.4 is 11.5 Å². The van der Waals surface area contributed by atoms with E-state index in [0.717, 1.165) is 44.8 Å². The number of hydrogen-bond donors (Lipinski definition) is 2. The van der Waals surface area contributed by atoms with Crippen LogP contribution in [0.4, 0.5) is 11.8 Å². The molecule has 0 bridgehead atoms. The predicted octanol–water partition coefficient (Wildman–Crippen LogP) is 1.47. The number of nitrogen functional groups attached to an aromatic ring is 2. The molecule has 6 nitrogen and oxygen atoms in total. The second kappa shape index (κ2) is 7.90. The van der Waals surface area contributed by atoms with Gasteiger partial charge in [0, 0.05) is 51.0 Å². The number of rotatable bonds is 5. The average Bonchev–Trinajstić information content (AvgIpc) is 2.60. The standard InChI is InChI=1S/C18H24N6/c19-17-16(13-21-18(20)22-17)14-24-11-9-23(10-12-24)8-4-7-15-5-2-1-3-6-15/h1-7,13H,8-12,14H2,(H4,19,20,21,22)/b7-4+. The maximum absolute atomic E-state index is 5.91. The summed E-state index contributed by atoms with van der Waals surface area (Å²) in [5.41, 5.74) is 13.6. The molecule has 1 aliphatic heterocycles. The molecule has 6 heteroatoms. The lowest BCUT2D eigenvalue weighted by atomic mass is 10.2. The van der Waals surface area contributed by atoms with Crippen LogP contribution in [0.3, 0.4) is 0 Å². The molecule has 2 aromatic rings. The van der Waals surface area contributed by atoms with E-state index in [9.17, 15) is 0 Å². The van der Waals surface area contributed by atoms with Crippen LogP contribution in [0.1, 0.15) is 11.1 Å². The van der Waals surface area contributed by atoms with Crippen molar-refractivity contribution < 1.29 is 0 Å². The molecule has 4 N–H and O–H groups in total. The zero-order valence-corrected chi connectivity index (χ0v) is 13.8. The highest BCUT2D eigenvalue weighted by molar-refractivity contribution is 5.48. The van der Waals surface area contributed by atoms with Gasteiger partial charge >= 0.3 is 0 Å². The molecule has 1 saturated heterocycles. The molecule has 1 aliphatic rings. The van der Waals surface area contributed by atoms with E-state index in [2.05, 4.69) is 56.2 Å². The van der Waals surface area contributed by atoms with Crippen molar-refractivity contribution in [2.75, 3.05) is 44.2 Å². The number of benzene rings is 1. The van der Waals surface area contributed by atoms with E-state index in [-0.39, 0.29) is 5.95 Å². The first-order valence-electron chi connectivity index (χ1n) is 8.24. The van der Waals surface area contributed by atoms with Gasteiger partial charge in [-0.1, -0.05) is 42.5 Å². The van der Waals surface area contributed by atoms with Gasteiger partial charge in [0.15, 0.2) is 0 Å². The molecule has 1 aromatic carbocycles. The molecule has 24 heavy (non-hydrogen) atoms. The number of piperazine rings is 1. The zero-order valence-electron chi connectivity index (χ0n) is 13.8. The van der Waals surface area contributed by atoms with Crippen LogP contribution in [-0.4, -0.2) is 52.5 Å². The van der Waals surface area contributed by atoms with E-state index < -0.39 is 0 Å². The summed E-state index contributed by atoms with van der Waals surface area (Å²) in [6, 6.07) is 10.4. The minimum atomic E-state index is 0.228. The van der Waals surface area contributed by atoms with Crippen molar-refractivity contribution >= 4 is 17.8 Å². The molecular weight excluding hydrogens is 300 g/mol. The Hall–Kier alpha value is -2.44. The number of nitrogens with zero attached hydrogens (tertiary/aromatic N) is 4. The summed E-state index contributed by atoms with van der Waals surface area (Å²) in [5.74, 6) is 0.710. The average molecular weight is 324 g/mol. The van der Waals surface area contributed by atoms with Gasteiger partial charge in [0.2, 0.25) is 5.95 Å². The third kappa shape index (κ3) is 4.53. The fourth-order valence-electron chi connectivity index (χ4n) is 2.83. The van der Waals surface area contributed by atoms with Crippen molar-refractivity contribution in [2.24, 2.45) is 0 Å². The molecule has 0 aliphatic carbocycles. The van der Waals surface area contributed by atoms with Crippen molar-refractivity contribution in [1.29, 1.82) is 0 Å². The molecule has 2 heterocycles. The summed E-state index contributed by atoms with van der Waals surface area (Å²) in [6.07, 6.45) is 6.14. The van der Waals surface area contributed by atoms with Gasteiger partial charge in [0.25, 0.3) is 0 Å². The summed E-state index contributed by atoms with van der Waals surface area (Å²) < 4.78 is 0. The second-order valence-corrected chi connectivity index (χ2v) is 6.03. The Kier molecular flexibility index (Phi) is 5.40. The minimum Gasteiger partial charge on any atom is -0.383 e. The fourth-order valence-corrected chi connectivity index (χ4v) is 2.83. The Morgan fingerprint density at radius 2 is 1.71 bits per heavy atom. The molecule has 0 amide bonds. The lowest BCUT2D eigenvalue weighted by Gasteiger charge is -2.34. The van der Waals surface area contributed by atoms with E-state index in [0.29, 0.717) is 5.82 Å². The molecular formula is C18H24N6. The third-order valence-corrected chi connectivity index (χ3v) is 4.25. The van der Waals surface area contributed by atoms with Crippen molar-refractivity contribution in [3.8, 4) is 0 Å². The molecule has 0 spiro atoms. The normalized spacial score (nSPS) is 16.7. The van der Waals surface area contributed by atoms with Gasteiger partial charge in [-0.2, -0.15) is 4.98 Å². The van der Waals surface area contributed by atoms with Crippen LogP contribution in [0.5, 0.6) is 0 Å². The minimum absolute atomic E-state index is 0.228. The molecule has 0 radical (unpaired) electrons. The fraction of sp³-hybridized carbons (Fsp3) is 0.333. The Balaban J connectivity index is 1.45. The van der Waals surface area contributed by atoms with Gasteiger partial charge in [-0.15, -0.1) is 0 Å². The van der Waals surface area contributed by atoms with Crippen LogP contribution in [0.25, 0.3) is 6.08 Å². The lowest BCUT2D eigenvalue weighted by Crippen LogP contribution is -2.45. The second-order valence-electron chi connectivity index (χ2n) is 6.03. The summed E-state index contributed by atoms with van der Waals surface area (Å²) in [5, 5.41) is 0. The topological polar surface area (TPSA) is 84.3 Å². The van der Waals surface area contributed by atoms with Crippen LogP contribution in [-0.2, 0) is 6.54 Å². The SMILES string of the molecule is Nc1ncc(CN2CCN(C/C=C/c3ccccc3)CC2)c(N)n1. The van der Waals surface area contributed by atoms with Gasteiger partial charge in [-0.05, 0) is 5.56 Å². The highest BCUT2D eigenvalue weighted by atomic mass is 15.3. The van der Waals surface area contributed by atoms with Crippen molar-refractivity contribution in [3.63, 3.8) is 0 Å². The van der Waals surface area contributed by atoms with Crippen LogP contribution in [0, 0.1) is 0 Å². The van der Waals surface area contributed by atoms with Crippen molar-refractivity contribution in [2.45, 2.75) is 6.54 Å².